The second kappa shape index (κ2) is 12.8. The quantitative estimate of drug-likeness (QED) is 0.132. The molecule has 1 amide bonds. The number of aromatic amines is 1. The zero-order valence-corrected chi connectivity index (χ0v) is 23.9. The molecule has 5 rings (SSSR count). The van der Waals surface area contributed by atoms with Gasteiger partial charge in [-0.25, -0.2) is 22.5 Å². The molecular weight excluding hydrogens is 602 g/mol. The number of carbonyl (C=O) groups excluding carboxylic acids is 1. The summed E-state index contributed by atoms with van der Waals surface area (Å²) in [6, 6.07) is 7.12. The number of carbonyl (C=O) groups is 1. The molecule has 14 heteroatoms. The third-order valence-corrected chi connectivity index (χ3v) is 7.61. The van der Waals surface area contributed by atoms with Crippen LogP contribution in [0.5, 0.6) is 5.75 Å². The van der Waals surface area contributed by atoms with E-state index in [1.807, 2.05) is 0 Å². The normalized spacial score (nSPS) is 12.1. The molecule has 0 unspecified atom stereocenters. The average molecular weight is 628 g/mol. The second-order valence-corrected chi connectivity index (χ2v) is 10.5. The van der Waals surface area contributed by atoms with Crippen LogP contribution in [0.2, 0.25) is 0 Å². The highest BCUT2D eigenvalue weighted by molar-refractivity contribution is 7.18. The van der Waals surface area contributed by atoms with Gasteiger partial charge in [-0.15, -0.1) is 11.3 Å². The SMILES string of the molecule is C=CC(=O)N[C@H](C)c1cc(-c2nc(-c3ccn(CC(F)F)c(=O)c3)c3ccsc3c2-c2c(F)cc(F)cc2OCCO)n[nH]1. The Hall–Kier alpha value is -4.82. The van der Waals surface area contributed by atoms with E-state index in [1.165, 1.54) is 29.7 Å². The molecule has 0 aliphatic rings. The molecular formula is C30H25F4N5O4S. The molecule has 0 bridgehead atoms. The Morgan fingerprint density at radius 2 is 2.00 bits per heavy atom. The van der Waals surface area contributed by atoms with E-state index in [0.717, 1.165) is 16.7 Å². The van der Waals surface area contributed by atoms with E-state index in [2.05, 4.69) is 22.1 Å². The molecule has 228 valence electrons. The van der Waals surface area contributed by atoms with Crippen molar-refractivity contribution in [2.24, 2.45) is 0 Å². The fourth-order valence-electron chi connectivity index (χ4n) is 4.71. The molecule has 44 heavy (non-hydrogen) atoms. The lowest BCUT2D eigenvalue weighted by Gasteiger charge is -2.17. The van der Waals surface area contributed by atoms with Gasteiger partial charge < -0.3 is 19.7 Å². The van der Waals surface area contributed by atoms with Crippen LogP contribution in [0.1, 0.15) is 18.7 Å². The van der Waals surface area contributed by atoms with Crippen LogP contribution in [0.4, 0.5) is 17.6 Å². The number of amides is 1. The summed E-state index contributed by atoms with van der Waals surface area (Å²) in [7, 11) is 0. The molecule has 4 heterocycles. The minimum atomic E-state index is -2.73. The predicted octanol–water partition coefficient (Wildman–Crippen LogP) is 5.46. The van der Waals surface area contributed by atoms with Gasteiger partial charge in [-0.2, -0.15) is 5.10 Å². The largest absolute Gasteiger partial charge is 0.490 e. The van der Waals surface area contributed by atoms with Crippen LogP contribution >= 0.6 is 11.3 Å². The number of halogens is 4. The molecule has 5 aromatic rings. The van der Waals surface area contributed by atoms with Gasteiger partial charge in [0.15, 0.2) is 0 Å². The number of fused-ring (bicyclic) bond motifs is 1. The summed E-state index contributed by atoms with van der Waals surface area (Å²) in [5, 5.41) is 21.5. The van der Waals surface area contributed by atoms with E-state index in [0.29, 0.717) is 33.1 Å². The number of aliphatic hydroxyl groups is 1. The number of H-pyrrole nitrogens is 1. The van der Waals surface area contributed by atoms with Gasteiger partial charge in [-0.1, -0.05) is 6.58 Å². The van der Waals surface area contributed by atoms with E-state index in [-0.39, 0.29) is 34.9 Å². The number of hydrogen-bond acceptors (Lipinski definition) is 7. The zero-order valence-electron chi connectivity index (χ0n) is 23.1. The standard InChI is InChI=1S/C30H25F4N5O4S/c1-3-24(41)35-15(2)20-13-21(38-37-20)29-27(26-19(32)11-17(31)12-22(26)43-8-7-40)30-18(5-9-44-30)28(36-29)16-4-6-39(14-23(33)34)25(42)10-16/h3-6,9-13,15,23,40H,1,7-8,14H2,2H3,(H,35,41)(H,37,38)/t15-/m1/s1. The van der Waals surface area contributed by atoms with Crippen molar-refractivity contribution < 1.29 is 32.2 Å². The first kappa shape index (κ1) is 30.6. The van der Waals surface area contributed by atoms with Crippen molar-refractivity contribution in [3.63, 3.8) is 0 Å². The van der Waals surface area contributed by atoms with E-state index in [9.17, 15) is 27.9 Å². The van der Waals surface area contributed by atoms with Gasteiger partial charge in [0.2, 0.25) is 5.91 Å². The number of benzene rings is 1. The molecule has 0 spiro atoms. The first-order valence-corrected chi connectivity index (χ1v) is 14.1. The number of hydrogen-bond donors (Lipinski definition) is 3. The fourth-order valence-corrected chi connectivity index (χ4v) is 5.66. The molecule has 1 aromatic carbocycles. The topological polar surface area (TPSA) is 122 Å². The molecule has 1 atom stereocenters. The predicted molar refractivity (Wildman–Crippen MR) is 158 cm³/mol. The number of nitrogens with zero attached hydrogens (tertiary/aromatic N) is 3. The maximum absolute atomic E-state index is 15.7. The summed E-state index contributed by atoms with van der Waals surface area (Å²) in [4.78, 5) is 29.4. The lowest BCUT2D eigenvalue weighted by Crippen LogP contribution is -2.24. The van der Waals surface area contributed by atoms with Gasteiger partial charge >= 0.3 is 0 Å². The number of alkyl halides is 2. The summed E-state index contributed by atoms with van der Waals surface area (Å²) in [5.41, 5.74) is 0.820. The molecule has 0 radical (unpaired) electrons. The Labute approximate surface area is 251 Å². The van der Waals surface area contributed by atoms with Crippen molar-refractivity contribution >= 4 is 27.3 Å². The highest BCUT2D eigenvalue weighted by atomic mass is 32.1. The van der Waals surface area contributed by atoms with E-state index in [1.54, 1.807) is 24.4 Å². The van der Waals surface area contributed by atoms with Crippen LogP contribution in [0, 0.1) is 11.6 Å². The summed E-state index contributed by atoms with van der Waals surface area (Å²) < 4.78 is 62.9. The number of nitrogens with one attached hydrogen (secondary N) is 2. The van der Waals surface area contributed by atoms with Crippen molar-refractivity contribution in [1.29, 1.82) is 0 Å². The average Bonchev–Trinajstić information content (AvgIpc) is 3.67. The van der Waals surface area contributed by atoms with Crippen LogP contribution in [0.25, 0.3) is 43.9 Å². The van der Waals surface area contributed by atoms with Gasteiger partial charge in [-0.3, -0.25) is 14.7 Å². The lowest BCUT2D eigenvalue weighted by atomic mass is 9.96. The van der Waals surface area contributed by atoms with Gasteiger partial charge in [0.05, 0.1) is 36.1 Å². The number of aromatic nitrogens is 4. The third-order valence-electron chi connectivity index (χ3n) is 6.68. The van der Waals surface area contributed by atoms with Crippen molar-refractivity contribution in [3.05, 3.63) is 88.3 Å². The smallest absolute Gasteiger partial charge is 0.256 e. The van der Waals surface area contributed by atoms with E-state index >= 15 is 4.39 Å². The minimum Gasteiger partial charge on any atom is -0.490 e. The fraction of sp³-hybridized carbons (Fsp3) is 0.200. The monoisotopic (exact) mass is 627 g/mol. The number of thiophene rings is 1. The van der Waals surface area contributed by atoms with E-state index < -0.39 is 48.7 Å². The zero-order chi connectivity index (χ0) is 31.5. The van der Waals surface area contributed by atoms with Gasteiger partial charge in [0.1, 0.15) is 35.4 Å². The maximum atomic E-state index is 15.7. The summed E-state index contributed by atoms with van der Waals surface area (Å²) >= 11 is 1.22. The molecule has 0 saturated heterocycles. The first-order valence-electron chi connectivity index (χ1n) is 13.2. The Morgan fingerprint density at radius 1 is 1.20 bits per heavy atom. The summed E-state index contributed by atoms with van der Waals surface area (Å²) in [6.45, 7) is 3.71. The molecule has 3 N–H and O–H groups in total. The maximum Gasteiger partial charge on any atom is 0.256 e. The summed E-state index contributed by atoms with van der Waals surface area (Å²) in [5.74, 6) is -2.46. The van der Waals surface area contributed by atoms with Gasteiger partial charge in [0.25, 0.3) is 12.0 Å². The van der Waals surface area contributed by atoms with Crippen LogP contribution in [-0.4, -0.2) is 50.4 Å². The molecule has 4 aromatic heterocycles. The molecule has 9 nitrogen and oxygen atoms in total. The van der Waals surface area contributed by atoms with Crippen LogP contribution in [-0.2, 0) is 11.3 Å². The number of ether oxygens (including phenoxy) is 1. The highest BCUT2D eigenvalue weighted by Crippen LogP contribution is 2.46. The molecule has 0 aliphatic heterocycles. The minimum absolute atomic E-state index is 0.121. The Bertz CT molecular complexity index is 1920. The van der Waals surface area contributed by atoms with Crippen LogP contribution < -0.4 is 15.6 Å². The Balaban J connectivity index is 1.79. The highest BCUT2D eigenvalue weighted by Gasteiger charge is 2.27. The van der Waals surface area contributed by atoms with Crippen molar-refractivity contribution in [2.75, 3.05) is 13.2 Å². The van der Waals surface area contributed by atoms with Crippen molar-refractivity contribution in [2.45, 2.75) is 25.9 Å². The molecule has 0 saturated carbocycles. The lowest BCUT2D eigenvalue weighted by molar-refractivity contribution is -0.117. The third kappa shape index (κ3) is 6.12. The number of aliphatic hydroxyl groups excluding tert-OH is 1. The first-order chi connectivity index (χ1) is 21.1. The number of rotatable bonds is 11. The van der Waals surface area contributed by atoms with E-state index in [4.69, 9.17) is 9.72 Å². The molecule has 0 aliphatic carbocycles. The van der Waals surface area contributed by atoms with Crippen molar-refractivity contribution in [1.82, 2.24) is 25.1 Å². The van der Waals surface area contributed by atoms with Gasteiger partial charge in [-0.05, 0) is 36.6 Å². The van der Waals surface area contributed by atoms with Crippen LogP contribution in [0.15, 0.2) is 65.4 Å². The van der Waals surface area contributed by atoms with Crippen LogP contribution in [0.3, 0.4) is 0 Å². The Morgan fingerprint density at radius 3 is 2.70 bits per heavy atom. The number of pyridine rings is 2. The second-order valence-electron chi connectivity index (χ2n) is 9.62. The Kier molecular flexibility index (Phi) is 8.92. The van der Waals surface area contributed by atoms with Crippen molar-refractivity contribution in [3.8, 4) is 39.5 Å². The molecule has 0 fully saturated rings. The van der Waals surface area contributed by atoms with Gasteiger partial charge in [0, 0.05) is 45.6 Å². The summed E-state index contributed by atoms with van der Waals surface area (Å²) in [6.07, 6.45) is -0.370.